The molecule has 0 aromatic heterocycles. The van der Waals surface area contributed by atoms with Crippen molar-refractivity contribution in [3.63, 3.8) is 0 Å². The van der Waals surface area contributed by atoms with Crippen LogP contribution in [-0.4, -0.2) is 38.3 Å². The highest BCUT2D eigenvalue weighted by atomic mass is 35.5. The highest BCUT2D eigenvalue weighted by Gasteiger charge is 2.21. The molecular formula is C21H26Cl2N2O3S. The SMILES string of the molecule is CCN(CC)S(=O)(=O)c1ccc(CCC(=O)NCCc2c(Cl)cccc2Cl)cc1. The maximum atomic E-state index is 12.5. The minimum absolute atomic E-state index is 0.0759. The van der Waals surface area contributed by atoms with Gasteiger partial charge < -0.3 is 5.32 Å². The number of amides is 1. The van der Waals surface area contributed by atoms with Gasteiger partial charge in [0.25, 0.3) is 0 Å². The average molecular weight is 457 g/mol. The molecule has 0 aliphatic heterocycles. The second kappa shape index (κ2) is 11.0. The van der Waals surface area contributed by atoms with Gasteiger partial charge in [-0.15, -0.1) is 0 Å². The molecule has 5 nitrogen and oxygen atoms in total. The van der Waals surface area contributed by atoms with Crippen molar-refractivity contribution < 1.29 is 13.2 Å². The molecule has 0 fully saturated rings. The molecule has 0 atom stereocenters. The molecule has 2 rings (SSSR count). The van der Waals surface area contributed by atoms with Crippen molar-refractivity contribution in [2.24, 2.45) is 0 Å². The zero-order chi connectivity index (χ0) is 21.4. The number of benzene rings is 2. The van der Waals surface area contributed by atoms with Crippen LogP contribution in [0.25, 0.3) is 0 Å². The number of aryl methyl sites for hydroxylation is 1. The van der Waals surface area contributed by atoms with Crippen LogP contribution in [0.15, 0.2) is 47.4 Å². The van der Waals surface area contributed by atoms with E-state index in [1.807, 2.05) is 13.8 Å². The first-order valence-electron chi connectivity index (χ1n) is 9.58. The molecule has 0 heterocycles. The minimum Gasteiger partial charge on any atom is -0.356 e. The Morgan fingerprint density at radius 1 is 0.966 bits per heavy atom. The summed E-state index contributed by atoms with van der Waals surface area (Å²) in [4.78, 5) is 12.4. The highest BCUT2D eigenvalue weighted by molar-refractivity contribution is 7.89. The predicted molar refractivity (Wildman–Crippen MR) is 118 cm³/mol. The van der Waals surface area contributed by atoms with Crippen molar-refractivity contribution in [2.45, 2.75) is 38.0 Å². The minimum atomic E-state index is -3.46. The largest absolute Gasteiger partial charge is 0.356 e. The van der Waals surface area contributed by atoms with Crippen LogP contribution in [0.3, 0.4) is 0 Å². The Hall–Kier alpha value is -1.60. The lowest BCUT2D eigenvalue weighted by atomic mass is 10.1. The zero-order valence-electron chi connectivity index (χ0n) is 16.6. The van der Waals surface area contributed by atoms with Crippen LogP contribution in [0.4, 0.5) is 0 Å². The van der Waals surface area contributed by atoms with Crippen LogP contribution >= 0.6 is 23.2 Å². The fraction of sp³-hybridized carbons (Fsp3) is 0.381. The molecule has 0 radical (unpaired) electrons. The molecule has 1 N–H and O–H groups in total. The van der Waals surface area contributed by atoms with Crippen molar-refractivity contribution in [2.75, 3.05) is 19.6 Å². The van der Waals surface area contributed by atoms with Gasteiger partial charge in [-0.3, -0.25) is 4.79 Å². The molecule has 0 saturated heterocycles. The van der Waals surface area contributed by atoms with Crippen molar-refractivity contribution in [1.29, 1.82) is 0 Å². The molecule has 29 heavy (non-hydrogen) atoms. The quantitative estimate of drug-likeness (QED) is 0.578. The first kappa shape index (κ1) is 23.7. The molecule has 2 aromatic rings. The number of rotatable bonds is 10. The lowest BCUT2D eigenvalue weighted by Crippen LogP contribution is -2.30. The smallest absolute Gasteiger partial charge is 0.243 e. The summed E-state index contributed by atoms with van der Waals surface area (Å²) in [7, 11) is -3.46. The number of halogens is 2. The first-order valence-corrected chi connectivity index (χ1v) is 11.8. The van der Waals surface area contributed by atoms with Crippen LogP contribution in [0, 0.1) is 0 Å². The van der Waals surface area contributed by atoms with Gasteiger partial charge in [0.15, 0.2) is 0 Å². The lowest BCUT2D eigenvalue weighted by molar-refractivity contribution is -0.121. The second-order valence-corrected chi connectivity index (χ2v) is 9.29. The molecule has 2 aromatic carbocycles. The zero-order valence-corrected chi connectivity index (χ0v) is 18.9. The fourth-order valence-electron chi connectivity index (χ4n) is 2.99. The second-order valence-electron chi connectivity index (χ2n) is 6.53. The standard InChI is InChI=1S/C21H26Cl2N2O3S/c1-3-25(4-2)29(27,28)17-11-8-16(9-12-17)10-13-21(26)24-15-14-18-19(22)6-5-7-20(18)23/h5-9,11-12H,3-4,10,13-15H2,1-2H3,(H,24,26). The summed E-state index contributed by atoms with van der Waals surface area (Å²) in [6.07, 6.45) is 1.41. The van der Waals surface area contributed by atoms with E-state index in [2.05, 4.69) is 5.32 Å². The van der Waals surface area contributed by atoms with Gasteiger partial charge in [-0.2, -0.15) is 4.31 Å². The van der Waals surface area contributed by atoms with Crippen molar-refractivity contribution in [3.8, 4) is 0 Å². The van der Waals surface area contributed by atoms with Gasteiger partial charge >= 0.3 is 0 Å². The van der Waals surface area contributed by atoms with E-state index < -0.39 is 10.0 Å². The third-order valence-corrected chi connectivity index (χ3v) is 7.44. The summed E-state index contributed by atoms with van der Waals surface area (Å²) < 4.78 is 26.4. The van der Waals surface area contributed by atoms with E-state index in [1.54, 1.807) is 42.5 Å². The summed E-state index contributed by atoms with van der Waals surface area (Å²) in [6, 6.07) is 12.0. The van der Waals surface area contributed by atoms with Crippen LogP contribution in [-0.2, 0) is 27.7 Å². The summed E-state index contributed by atoms with van der Waals surface area (Å²) in [6.45, 7) is 4.94. The van der Waals surface area contributed by atoms with Gasteiger partial charge in [-0.1, -0.05) is 55.2 Å². The number of carbonyl (C=O) groups excluding carboxylic acids is 1. The van der Waals surface area contributed by atoms with E-state index in [4.69, 9.17) is 23.2 Å². The van der Waals surface area contributed by atoms with E-state index in [-0.39, 0.29) is 10.8 Å². The van der Waals surface area contributed by atoms with Gasteiger partial charge in [0.2, 0.25) is 15.9 Å². The Kier molecular flexibility index (Phi) is 8.96. The number of carbonyl (C=O) groups is 1. The maximum Gasteiger partial charge on any atom is 0.243 e. The third kappa shape index (κ3) is 6.44. The Labute approximate surface area is 183 Å². The van der Waals surface area contributed by atoms with Gasteiger partial charge in [0.05, 0.1) is 4.90 Å². The molecule has 0 spiro atoms. The van der Waals surface area contributed by atoms with Gasteiger partial charge in [-0.25, -0.2) is 8.42 Å². The monoisotopic (exact) mass is 456 g/mol. The van der Waals surface area contributed by atoms with Crippen molar-refractivity contribution >= 4 is 39.1 Å². The van der Waals surface area contributed by atoms with Crippen LogP contribution in [0.5, 0.6) is 0 Å². The lowest BCUT2D eigenvalue weighted by Gasteiger charge is -2.18. The summed E-state index contributed by atoms with van der Waals surface area (Å²) >= 11 is 12.3. The number of nitrogens with one attached hydrogen (secondary N) is 1. The van der Waals surface area contributed by atoms with Crippen LogP contribution < -0.4 is 5.32 Å². The van der Waals surface area contributed by atoms with Gasteiger partial charge in [-0.05, 0) is 48.2 Å². The summed E-state index contributed by atoms with van der Waals surface area (Å²) in [5, 5.41) is 4.04. The van der Waals surface area contributed by atoms with Gasteiger partial charge in [0.1, 0.15) is 0 Å². The highest BCUT2D eigenvalue weighted by Crippen LogP contribution is 2.24. The molecule has 0 bridgehead atoms. The van der Waals surface area contributed by atoms with Gasteiger partial charge in [0, 0.05) is 36.1 Å². The summed E-state index contributed by atoms with van der Waals surface area (Å²) in [5.41, 5.74) is 1.73. The Bertz CT molecular complexity index is 907. The molecule has 0 unspecified atom stereocenters. The van der Waals surface area contributed by atoms with Crippen molar-refractivity contribution in [1.82, 2.24) is 9.62 Å². The van der Waals surface area contributed by atoms with E-state index in [9.17, 15) is 13.2 Å². The number of hydrogen-bond donors (Lipinski definition) is 1. The van der Waals surface area contributed by atoms with E-state index >= 15 is 0 Å². The molecule has 8 heteroatoms. The molecule has 0 saturated carbocycles. The third-order valence-electron chi connectivity index (χ3n) is 4.67. The maximum absolute atomic E-state index is 12.5. The Morgan fingerprint density at radius 3 is 2.10 bits per heavy atom. The molecular weight excluding hydrogens is 431 g/mol. The molecule has 1 amide bonds. The molecule has 158 valence electrons. The molecule has 0 aliphatic carbocycles. The topological polar surface area (TPSA) is 66.5 Å². The summed E-state index contributed by atoms with van der Waals surface area (Å²) in [5.74, 6) is -0.0759. The Morgan fingerprint density at radius 2 is 1.55 bits per heavy atom. The van der Waals surface area contributed by atoms with Crippen molar-refractivity contribution in [3.05, 3.63) is 63.6 Å². The number of sulfonamides is 1. The predicted octanol–water partition coefficient (Wildman–Crippen LogP) is 4.32. The number of nitrogens with zero attached hydrogens (tertiary/aromatic N) is 1. The van der Waals surface area contributed by atoms with Crippen LogP contribution in [0.1, 0.15) is 31.4 Å². The van der Waals surface area contributed by atoms with Crippen LogP contribution in [0.2, 0.25) is 10.0 Å². The average Bonchev–Trinajstić information content (AvgIpc) is 2.69. The fourth-order valence-corrected chi connectivity index (χ4v) is 5.03. The molecule has 0 aliphatic rings. The number of hydrogen-bond acceptors (Lipinski definition) is 3. The first-order chi connectivity index (χ1) is 13.8. The van der Waals surface area contributed by atoms with E-state index in [0.29, 0.717) is 48.9 Å². The normalized spacial score (nSPS) is 11.6. The Balaban J connectivity index is 1.84. The van der Waals surface area contributed by atoms with E-state index in [0.717, 1.165) is 11.1 Å². The van der Waals surface area contributed by atoms with E-state index in [1.165, 1.54) is 4.31 Å².